The molecule has 4 aromatic rings. The lowest BCUT2D eigenvalue weighted by Gasteiger charge is -2.11. The average molecular weight is 311 g/mol. The van der Waals surface area contributed by atoms with Crippen molar-refractivity contribution in [2.75, 3.05) is 0 Å². The Morgan fingerprint density at radius 2 is 1.52 bits per heavy atom. The molecular formula is C14H9N5S2. The van der Waals surface area contributed by atoms with Crippen LogP contribution in [0.15, 0.2) is 54.0 Å². The first-order valence-electron chi connectivity index (χ1n) is 6.21. The number of hydrogen-bond donors (Lipinski definition) is 0. The van der Waals surface area contributed by atoms with Crippen LogP contribution in [0.4, 0.5) is 0 Å². The maximum absolute atomic E-state index is 4.40. The van der Waals surface area contributed by atoms with Crippen molar-refractivity contribution in [3.05, 3.63) is 54.0 Å². The normalized spacial score (nSPS) is 10.9. The molecule has 21 heavy (non-hydrogen) atoms. The van der Waals surface area contributed by atoms with Crippen molar-refractivity contribution in [3.8, 4) is 26.8 Å². The quantitative estimate of drug-likeness (QED) is 0.581. The fraction of sp³-hybridized carbons (Fsp3) is 0. The van der Waals surface area contributed by atoms with Crippen LogP contribution >= 0.6 is 22.7 Å². The Bertz CT molecular complexity index is 783. The minimum atomic E-state index is 0.923. The molecule has 0 aliphatic carbocycles. The molecule has 102 valence electrons. The van der Waals surface area contributed by atoms with Gasteiger partial charge in [0.1, 0.15) is 10.0 Å². The maximum atomic E-state index is 4.40. The van der Waals surface area contributed by atoms with Crippen LogP contribution in [0.5, 0.6) is 0 Å². The van der Waals surface area contributed by atoms with Gasteiger partial charge in [-0.25, -0.2) is 14.6 Å². The zero-order valence-electron chi connectivity index (χ0n) is 10.7. The van der Waals surface area contributed by atoms with Crippen LogP contribution in [-0.2, 0) is 0 Å². The van der Waals surface area contributed by atoms with Gasteiger partial charge in [0, 0.05) is 47.9 Å². The third-order valence-electron chi connectivity index (χ3n) is 2.98. The smallest absolute Gasteiger partial charge is 0.127 e. The van der Waals surface area contributed by atoms with Gasteiger partial charge in [-0.15, -0.1) is 22.7 Å². The predicted octanol–water partition coefficient (Wildman–Crippen LogP) is 3.51. The molecular weight excluding hydrogens is 302 g/mol. The number of thiazole rings is 2. The van der Waals surface area contributed by atoms with E-state index < -0.39 is 0 Å². The van der Waals surface area contributed by atoms with Crippen molar-refractivity contribution in [1.29, 1.82) is 0 Å². The van der Waals surface area contributed by atoms with Crippen molar-refractivity contribution >= 4 is 22.7 Å². The van der Waals surface area contributed by atoms with E-state index in [1.807, 2.05) is 40.1 Å². The molecule has 0 aromatic carbocycles. The lowest BCUT2D eigenvalue weighted by molar-refractivity contribution is 0.881. The van der Waals surface area contributed by atoms with Gasteiger partial charge in [-0.05, 0) is 6.07 Å². The second-order valence-electron chi connectivity index (χ2n) is 4.21. The van der Waals surface area contributed by atoms with Crippen molar-refractivity contribution in [1.82, 2.24) is 24.7 Å². The van der Waals surface area contributed by atoms with E-state index in [1.54, 1.807) is 41.3 Å². The molecule has 4 rings (SSSR count). The van der Waals surface area contributed by atoms with Gasteiger partial charge in [0.05, 0.1) is 16.8 Å². The number of rotatable bonds is 3. The van der Waals surface area contributed by atoms with Crippen molar-refractivity contribution in [2.24, 2.45) is 0 Å². The van der Waals surface area contributed by atoms with E-state index >= 15 is 0 Å². The summed E-state index contributed by atoms with van der Waals surface area (Å²) in [5, 5.41) is 10.1. The Morgan fingerprint density at radius 3 is 2.00 bits per heavy atom. The van der Waals surface area contributed by atoms with Crippen molar-refractivity contribution in [3.63, 3.8) is 0 Å². The summed E-state index contributed by atoms with van der Waals surface area (Å²) in [5.74, 6) is 0. The van der Waals surface area contributed by atoms with Crippen LogP contribution in [0, 0.1) is 0 Å². The van der Waals surface area contributed by atoms with Gasteiger partial charge in [-0.3, -0.25) is 4.98 Å². The van der Waals surface area contributed by atoms with Crippen LogP contribution in [-0.4, -0.2) is 24.7 Å². The van der Waals surface area contributed by atoms with E-state index in [4.69, 9.17) is 0 Å². The van der Waals surface area contributed by atoms with E-state index in [0.717, 1.165) is 26.8 Å². The third kappa shape index (κ3) is 2.16. The fourth-order valence-electron chi connectivity index (χ4n) is 2.13. The summed E-state index contributed by atoms with van der Waals surface area (Å²) < 4.78 is 1.84. The van der Waals surface area contributed by atoms with E-state index in [-0.39, 0.29) is 0 Å². The highest BCUT2D eigenvalue weighted by atomic mass is 32.1. The molecule has 0 saturated carbocycles. The van der Waals surface area contributed by atoms with E-state index in [0.29, 0.717) is 0 Å². The largest absolute Gasteiger partial charge is 0.263 e. The lowest BCUT2D eigenvalue weighted by atomic mass is 10.1. The molecule has 0 aliphatic rings. The molecule has 0 atom stereocenters. The van der Waals surface area contributed by atoms with Gasteiger partial charge < -0.3 is 0 Å². The van der Waals surface area contributed by atoms with Crippen LogP contribution in [0.2, 0.25) is 0 Å². The van der Waals surface area contributed by atoms with E-state index in [9.17, 15) is 0 Å². The zero-order chi connectivity index (χ0) is 14.1. The van der Waals surface area contributed by atoms with Gasteiger partial charge in [-0.2, -0.15) is 5.10 Å². The highest BCUT2D eigenvalue weighted by Crippen LogP contribution is 2.35. The van der Waals surface area contributed by atoms with Gasteiger partial charge in [-0.1, -0.05) is 0 Å². The van der Waals surface area contributed by atoms with Gasteiger partial charge in [0.15, 0.2) is 0 Å². The van der Waals surface area contributed by atoms with Gasteiger partial charge >= 0.3 is 0 Å². The Morgan fingerprint density at radius 1 is 0.857 bits per heavy atom. The monoisotopic (exact) mass is 311 g/mol. The molecule has 0 unspecified atom stereocenters. The summed E-state index contributed by atoms with van der Waals surface area (Å²) in [7, 11) is 0. The summed E-state index contributed by atoms with van der Waals surface area (Å²) in [4.78, 5) is 13.2. The first-order chi connectivity index (χ1) is 10.4. The zero-order valence-corrected chi connectivity index (χ0v) is 12.4. The number of aromatic nitrogens is 5. The highest BCUT2D eigenvalue weighted by molar-refractivity contribution is 7.13. The minimum Gasteiger partial charge on any atom is -0.263 e. The predicted molar refractivity (Wildman–Crippen MR) is 83.6 cm³/mol. The van der Waals surface area contributed by atoms with Crippen molar-refractivity contribution in [2.45, 2.75) is 0 Å². The second kappa shape index (κ2) is 5.19. The topological polar surface area (TPSA) is 56.5 Å². The number of hydrogen-bond acceptors (Lipinski definition) is 6. The fourth-order valence-corrected chi connectivity index (χ4v) is 3.42. The van der Waals surface area contributed by atoms with Crippen LogP contribution in [0.1, 0.15) is 0 Å². The maximum Gasteiger partial charge on any atom is 0.127 e. The number of nitrogens with zero attached hydrogens (tertiary/aromatic N) is 5. The van der Waals surface area contributed by atoms with Crippen LogP contribution in [0.25, 0.3) is 26.8 Å². The first kappa shape index (κ1) is 12.4. The Kier molecular flexibility index (Phi) is 3.06. The Hall–Kier alpha value is -2.38. The van der Waals surface area contributed by atoms with Crippen molar-refractivity contribution < 1.29 is 0 Å². The summed E-state index contributed by atoms with van der Waals surface area (Å²) in [6.07, 6.45) is 10.9. The first-order valence-corrected chi connectivity index (χ1v) is 7.97. The lowest BCUT2D eigenvalue weighted by Crippen LogP contribution is -2.01. The summed E-state index contributed by atoms with van der Waals surface area (Å²) >= 11 is 3.17. The van der Waals surface area contributed by atoms with Crippen LogP contribution < -0.4 is 0 Å². The third-order valence-corrected chi connectivity index (χ3v) is 4.59. The standard InChI is InChI=1S/C14H9N5S2/c1-2-18-19(5-1)12-10(13-16-3-6-20-13)8-15-9-11(12)14-17-4-7-21-14/h1-9H. The number of pyridine rings is 1. The van der Waals surface area contributed by atoms with E-state index in [2.05, 4.69) is 20.1 Å². The molecule has 7 heteroatoms. The molecule has 5 nitrogen and oxygen atoms in total. The molecule has 4 aromatic heterocycles. The molecule has 0 bridgehead atoms. The molecule has 0 amide bonds. The molecule has 0 radical (unpaired) electrons. The molecule has 0 aliphatic heterocycles. The summed E-state index contributed by atoms with van der Waals surface area (Å²) in [6, 6.07) is 1.90. The van der Waals surface area contributed by atoms with E-state index in [1.165, 1.54) is 0 Å². The molecule has 0 spiro atoms. The highest BCUT2D eigenvalue weighted by Gasteiger charge is 2.17. The van der Waals surface area contributed by atoms with Gasteiger partial charge in [0.2, 0.25) is 0 Å². The summed E-state index contributed by atoms with van der Waals surface area (Å²) in [5.41, 5.74) is 2.88. The molecule has 0 N–H and O–H groups in total. The summed E-state index contributed by atoms with van der Waals surface area (Å²) in [6.45, 7) is 0. The average Bonchev–Trinajstić information content (AvgIpc) is 3.28. The Balaban J connectivity index is 2.03. The molecule has 0 fully saturated rings. The van der Waals surface area contributed by atoms with Crippen LogP contribution in [0.3, 0.4) is 0 Å². The minimum absolute atomic E-state index is 0.923. The second-order valence-corrected chi connectivity index (χ2v) is 6.00. The van der Waals surface area contributed by atoms with Gasteiger partial charge in [0.25, 0.3) is 0 Å². The SMILES string of the molecule is c1cnn(-c2c(-c3nccs3)cncc2-c2nccs2)c1. The molecule has 0 saturated heterocycles. The Labute approximate surface area is 128 Å². The molecule has 4 heterocycles.